The van der Waals surface area contributed by atoms with Gasteiger partial charge in [-0.05, 0) is 74.0 Å². The van der Waals surface area contributed by atoms with E-state index in [2.05, 4.69) is 10.4 Å². The second kappa shape index (κ2) is 8.88. The van der Waals surface area contributed by atoms with Gasteiger partial charge in [-0.25, -0.2) is 4.68 Å². The Labute approximate surface area is 221 Å². The molecule has 2 heterocycles. The van der Waals surface area contributed by atoms with Crippen LogP contribution in [0.5, 0.6) is 0 Å². The number of benzene rings is 2. The summed E-state index contributed by atoms with van der Waals surface area (Å²) >= 11 is 6.52. The van der Waals surface area contributed by atoms with Crippen LogP contribution in [0.4, 0.5) is 5.82 Å². The third-order valence-corrected chi connectivity index (χ3v) is 8.93. The van der Waals surface area contributed by atoms with Gasteiger partial charge in [0.05, 0.1) is 23.5 Å². The van der Waals surface area contributed by atoms with Gasteiger partial charge in [0, 0.05) is 17.8 Å². The van der Waals surface area contributed by atoms with Crippen molar-refractivity contribution in [2.24, 2.45) is 17.8 Å². The average Bonchev–Trinajstić information content (AvgIpc) is 3.49. The zero-order valence-electron chi connectivity index (χ0n) is 20.7. The van der Waals surface area contributed by atoms with Crippen LogP contribution in [-0.4, -0.2) is 25.5 Å². The number of nitrogens with one attached hydrogen (secondary N) is 1. The number of hydrogen-bond donors (Lipinski definition) is 1. The summed E-state index contributed by atoms with van der Waals surface area (Å²) in [5, 5.41) is 13.1. The summed E-state index contributed by atoms with van der Waals surface area (Å²) in [6, 6.07) is 20.1. The molecular formula is C30H30ClN5O. The van der Waals surface area contributed by atoms with E-state index >= 15 is 0 Å². The van der Waals surface area contributed by atoms with Crippen molar-refractivity contribution in [1.82, 2.24) is 19.6 Å². The van der Waals surface area contributed by atoms with Crippen molar-refractivity contribution in [2.75, 3.05) is 5.32 Å². The maximum absolute atomic E-state index is 13.8. The molecule has 0 spiro atoms. The van der Waals surface area contributed by atoms with E-state index in [0.29, 0.717) is 22.9 Å². The van der Waals surface area contributed by atoms with E-state index in [9.17, 15) is 4.79 Å². The van der Waals surface area contributed by atoms with Crippen molar-refractivity contribution in [3.8, 4) is 5.69 Å². The third kappa shape index (κ3) is 4.17. The van der Waals surface area contributed by atoms with E-state index in [1.54, 1.807) is 10.9 Å². The van der Waals surface area contributed by atoms with E-state index in [1.807, 2.05) is 71.5 Å². The first-order chi connectivity index (χ1) is 18.0. The molecule has 0 atom stereocenters. The molecule has 2 aromatic heterocycles. The second-order valence-corrected chi connectivity index (χ2v) is 11.7. The van der Waals surface area contributed by atoms with Crippen LogP contribution in [0, 0.1) is 17.8 Å². The first-order valence-corrected chi connectivity index (χ1v) is 13.7. The first-order valence-electron chi connectivity index (χ1n) is 13.3. The van der Waals surface area contributed by atoms with E-state index in [-0.39, 0.29) is 11.3 Å². The summed E-state index contributed by atoms with van der Waals surface area (Å²) in [5.74, 6) is 2.46. The normalized spacial score (nSPS) is 25.9. The highest BCUT2D eigenvalue weighted by atomic mass is 35.5. The van der Waals surface area contributed by atoms with Crippen LogP contribution in [0.25, 0.3) is 5.69 Å². The fourth-order valence-corrected chi connectivity index (χ4v) is 7.75. The molecule has 6 nitrogen and oxygen atoms in total. The van der Waals surface area contributed by atoms with Crippen molar-refractivity contribution in [2.45, 2.75) is 50.5 Å². The highest BCUT2D eigenvalue weighted by Gasteiger charge is 2.54. The van der Waals surface area contributed by atoms with Gasteiger partial charge in [-0.3, -0.25) is 9.48 Å². The predicted molar refractivity (Wildman–Crippen MR) is 144 cm³/mol. The monoisotopic (exact) mass is 511 g/mol. The van der Waals surface area contributed by atoms with Gasteiger partial charge in [-0.2, -0.15) is 10.2 Å². The summed E-state index contributed by atoms with van der Waals surface area (Å²) in [6.07, 6.45) is 11.1. The molecule has 0 saturated heterocycles. The van der Waals surface area contributed by atoms with Gasteiger partial charge < -0.3 is 5.32 Å². The smallest absolute Gasteiger partial charge is 0.260 e. The van der Waals surface area contributed by atoms with Gasteiger partial charge in [0.25, 0.3) is 5.91 Å². The van der Waals surface area contributed by atoms with Gasteiger partial charge in [-0.1, -0.05) is 60.1 Å². The lowest BCUT2D eigenvalue weighted by Gasteiger charge is -2.56. The minimum atomic E-state index is -0.195. The van der Waals surface area contributed by atoms with Crippen molar-refractivity contribution in [3.63, 3.8) is 0 Å². The van der Waals surface area contributed by atoms with Gasteiger partial charge in [0.15, 0.2) is 5.82 Å². The molecule has 1 N–H and O–H groups in total. The molecule has 188 valence electrons. The lowest BCUT2D eigenvalue weighted by atomic mass is 9.48. The Morgan fingerprint density at radius 1 is 0.892 bits per heavy atom. The van der Waals surface area contributed by atoms with E-state index < -0.39 is 0 Å². The van der Waals surface area contributed by atoms with Gasteiger partial charge >= 0.3 is 0 Å². The molecule has 4 aromatic rings. The minimum Gasteiger partial charge on any atom is -0.304 e. The van der Waals surface area contributed by atoms with E-state index in [4.69, 9.17) is 16.7 Å². The summed E-state index contributed by atoms with van der Waals surface area (Å²) in [5.41, 5.74) is 3.65. The number of carbonyl (C=O) groups excluding carboxylic acids is 1. The molecular weight excluding hydrogens is 482 g/mol. The van der Waals surface area contributed by atoms with Gasteiger partial charge in [0.1, 0.15) is 5.02 Å². The van der Waals surface area contributed by atoms with Crippen LogP contribution in [0.1, 0.15) is 60.1 Å². The lowest BCUT2D eigenvalue weighted by molar-refractivity contribution is -0.00765. The van der Waals surface area contributed by atoms with Crippen LogP contribution >= 0.6 is 11.6 Å². The van der Waals surface area contributed by atoms with Crippen molar-refractivity contribution in [1.29, 1.82) is 0 Å². The van der Waals surface area contributed by atoms with Crippen LogP contribution < -0.4 is 5.32 Å². The summed E-state index contributed by atoms with van der Waals surface area (Å²) < 4.78 is 3.64. The minimum absolute atomic E-state index is 0.0160. The molecule has 2 aromatic carbocycles. The Bertz CT molecular complexity index is 1410. The summed E-state index contributed by atoms with van der Waals surface area (Å²) in [4.78, 5) is 13.8. The highest BCUT2D eigenvalue weighted by molar-refractivity contribution is 6.33. The summed E-state index contributed by atoms with van der Waals surface area (Å²) in [7, 11) is 0. The quantitative estimate of drug-likeness (QED) is 0.322. The number of carbonyl (C=O) groups is 1. The van der Waals surface area contributed by atoms with Crippen LogP contribution in [-0.2, 0) is 12.0 Å². The van der Waals surface area contributed by atoms with Crippen LogP contribution in [0.2, 0.25) is 5.02 Å². The Balaban J connectivity index is 1.22. The maximum atomic E-state index is 13.8. The Kier molecular flexibility index (Phi) is 5.47. The lowest BCUT2D eigenvalue weighted by Crippen LogP contribution is -2.49. The Morgan fingerprint density at radius 3 is 2.16 bits per heavy atom. The molecule has 4 aliphatic rings. The molecule has 0 radical (unpaired) electrons. The van der Waals surface area contributed by atoms with Crippen LogP contribution in [0.3, 0.4) is 0 Å². The van der Waals surface area contributed by atoms with Crippen molar-refractivity contribution < 1.29 is 4.79 Å². The predicted octanol–water partition coefficient (Wildman–Crippen LogP) is 6.49. The third-order valence-electron chi connectivity index (χ3n) is 8.66. The van der Waals surface area contributed by atoms with Gasteiger partial charge in [-0.15, -0.1) is 0 Å². The molecule has 4 aliphatic carbocycles. The highest BCUT2D eigenvalue weighted by Crippen LogP contribution is 2.61. The molecule has 0 unspecified atom stereocenters. The van der Waals surface area contributed by atoms with Crippen molar-refractivity contribution >= 4 is 23.3 Å². The molecule has 4 saturated carbocycles. The molecule has 4 fully saturated rings. The molecule has 0 aliphatic heterocycles. The Morgan fingerprint density at radius 2 is 1.51 bits per heavy atom. The maximum Gasteiger partial charge on any atom is 0.260 e. The number of hydrogen-bond acceptors (Lipinski definition) is 3. The summed E-state index contributed by atoms with van der Waals surface area (Å²) in [6.45, 7) is 0.584. The van der Waals surface area contributed by atoms with Crippen LogP contribution in [0.15, 0.2) is 73.1 Å². The topological polar surface area (TPSA) is 64.7 Å². The SMILES string of the molecule is O=C(Nc1nn(Cc2ccccc2)cc1Cl)c1cn(-c2ccccc2)nc1C12CC3CC(CC(C3)C1)C2. The second-order valence-electron chi connectivity index (χ2n) is 11.3. The number of anilines is 1. The fraction of sp³-hybridized carbons (Fsp3) is 0.367. The standard InChI is InChI=1S/C30H30ClN5O/c31-26-19-35(17-20-7-3-1-4-8-20)34-28(26)32-29(37)25-18-36(24-9-5-2-6-10-24)33-27(25)30-14-21-11-22(15-30)13-23(12-21)16-30/h1-10,18-19,21-23H,11-17H2,(H,32,34,37). The largest absolute Gasteiger partial charge is 0.304 e. The molecule has 4 bridgehead atoms. The number of rotatable bonds is 6. The molecule has 7 heteroatoms. The Hall–Kier alpha value is -3.38. The zero-order chi connectivity index (χ0) is 25.0. The van der Waals surface area contributed by atoms with E-state index in [1.165, 1.54) is 19.3 Å². The molecule has 1 amide bonds. The molecule has 8 rings (SSSR count). The fourth-order valence-electron chi connectivity index (χ4n) is 7.55. The van der Waals surface area contributed by atoms with E-state index in [0.717, 1.165) is 54.0 Å². The number of halogens is 1. The van der Waals surface area contributed by atoms with Gasteiger partial charge in [0.2, 0.25) is 0 Å². The van der Waals surface area contributed by atoms with Crippen molar-refractivity contribution in [3.05, 3.63) is 94.9 Å². The average molecular weight is 512 g/mol. The number of para-hydroxylation sites is 1. The zero-order valence-corrected chi connectivity index (χ0v) is 21.4. The number of amides is 1. The number of nitrogens with zero attached hydrogens (tertiary/aromatic N) is 4. The first kappa shape index (κ1) is 22.8. The molecule has 37 heavy (non-hydrogen) atoms. The number of aromatic nitrogens is 4.